The number of hydrogen-bond acceptors (Lipinski definition) is 2. The van der Waals surface area contributed by atoms with Gasteiger partial charge in [0.05, 0.1) is 12.1 Å². The van der Waals surface area contributed by atoms with Crippen LogP contribution in [0.15, 0.2) is 54.6 Å². The summed E-state index contributed by atoms with van der Waals surface area (Å²) < 4.78 is 5.73. The van der Waals surface area contributed by atoms with Crippen molar-refractivity contribution < 1.29 is 4.74 Å². The number of nitrogens with zero attached hydrogens (tertiary/aromatic N) is 1. The lowest BCUT2D eigenvalue weighted by Crippen LogP contribution is -1.94. The van der Waals surface area contributed by atoms with Crippen LogP contribution in [0.4, 0.5) is 0 Å². The third-order valence-electron chi connectivity index (χ3n) is 2.57. The highest BCUT2D eigenvalue weighted by molar-refractivity contribution is 6.30. The van der Waals surface area contributed by atoms with Gasteiger partial charge in [-0.25, -0.2) is 0 Å². The first kappa shape index (κ1) is 13.2. The van der Waals surface area contributed by atoms with E-state index in [9.17, 15) is 0 Å². The van der Waals surface area contributed by atoms with Crippen molar-refractivity contribution >= 4 is 17.4 Å². The van der Waals surface area contributed by atoms with Crippen molar-refractivity contribution in [3.8, 4) is 11.8 Å². The molecule has 0 fully saturated rings. The topological polar surface area (TPSA) is 33.0 Å². The average molecular weight is 270 g/mol. The molecule has 0 aromatic heterocycles. The summed E-state index contributed by atoms with van der Waals surface area (Å²) in [7, 11) is 0. The van der Waals surface area contributed by atoms with Gasteiger partial charge in [-0.1, -0.05) is 29.3 Å². The SMILES string of the molecule is Cc1ccc(O/C(=C\C#N)c2ccc(Cl)cc2)cc1. The van der Waals surface area contributed by atoms with Crippen molar-refractivity contribution in [2.75, 3.05) is 0 Å². The summed E-state index contributed by atoms with van der Waals surface area (Å²) in [6.45, 7) is 2.01. The van der Waals surface area contributed by atoms with Crippen molar-refractivity contribution in [2.45, 2.75) is 6.92 Å². The molecule has 94 valence electrons. The van der Waals surface area contributed by atoms with Crippen LogP contribution in [-0.4, -0.2) is 0 Å². The van der Waals surface area contributed by atoms with Crippen LogP contribution in [0.25, 0.3) is 5.76 Å². The van der Waals surface area contributed by atoms with Crippen LogP contribution in [0, 0.1) is 18.3 Å². The van der Waals surface area contributed by atoms with Crippen molar-refractivity contribution in [1.29, 1.82) is 5.26 Å². The number of hydrogen-bond donors (Lipinski definition) is 0. The van der Waals surface area contributed by atoms with Gasteiger partial charge < -0.3 is 4.74 Å². The molecule has 19 heavy (non-hydrogen) atoms. The number of ether oxygens (including phenoxy) is 1. The molecule has 2 rings (SSSR count). The Morgan fingerprint density at radius 3 is 2.32 bits per heavy atom. The van der Waals surface area contributed by atoms with Gasteiger partial charge in [0.15, 0.2) is 0 Å². The lowest BCUT2D eigenvalue weighted by atomic mass is 10.2. The van der Waals surface area contributed by atoms with Gasteiger partial charge in [0.2, 0.25) is 0 Å². The van der Waals surface area contributed by atoms with Gasteiger partial charge in [-0.3, -0.25) is 0 Å². The first-order valence-corrected chi connectivity index (χ1v) is 6.17. The molecule has 0 aliphatic heterocycles. The molecule has 2 aromatic carbocycles. The minimum Gasteiger partial charge on any atom is -0.456 e. The van der Waals surface area contributed by atoms with E-state index in [1.54, 1.807) is 12.1 Å². The number of halogens is 1. The van der Waals surface area contributed by atoms with Gasteiger partial charge in [0, 0.05) is 10.6 Å². The van der Waals surface area contributed by atoms with Crippen LogP contribution < -0.4 is 4.74 Å². The van der Waals surface area contributed by atoms with E-state index in [2.05, 4.69) is 0 Å². The van der Waals surface area contributed by atoms with E-state index in [4.69, 9.17) is 21.6 Å². The number of allylic oxidation sites excluding steroid dienone is 1. The maximum absolute atomic E-state index is 8.84. The molecule has 0 radical (unpaired) electrons. The zero-order valence-electron chi connectivity index (χ0n) is 10.4. The van der Waals surface area contributed by atoms with Crippen molar-refractivity contribution in [3.63, 3.8) is 0 Å². The molecule has 2 aromatic rings. The van der Waals surface area contributed by atoms with Gasteiger partial charge in [-0.15, -0.1) is 0 Å². The highest BCUT2D eigenvalue weighted by atomic mass is 35.5. The summed E-state index contributed by atoms with van der Waals surface area (Å²) in [5.41, 5.74) is 1.97. The van der Waals surface area contributed by atoms with E-state index in [1.165, 1.54) is 6.08 Å². The third kappa shape index (κ3) is 3.61. The van der Waals surface area contributed by atoms with E-state index in [0.717, 1.165) is 11.1 Å². The van der Waals surface area contributed by atoms with Gasteiger partial charge in [0.25, 0.3) is 0 Å². The maximum Gasteiger partial charge on any atom is 0.145 e. The smallest absolute Gasteiger partial charge is 0.145 e. The molecule has 0 saturated carbocycles. The molecule has 0 atom stereocenters. The first-order valence-electron chi connectivity index (χ1n) is 5.79. The second-order valence-corrected chi connectivity index (χ2v) is 4.50. The largest absolute Gasteiger partial charge is 0.456 e. The summed E-state index contributed by atoms with van der Waals surface area (Å²) in [6, 6.07) is 16.8. The normalized spacial score (nSPS) is 10.9. The molecule has 0 amide bonds. The molecule has 0 saturated heterocycles. The monoisotopic (exact) mass is 269 g/mol. The van der Waals surface area contributed by atoms with Crippen molar-refractivity contribution in [3.05, 3.63) is 70.8 Å². The maximum atomic E-state index is 8.84. The fourth-order valence-corrected chi connectivity index (χ4v) is 1.70. The Hall–Kier alpha value is -2.24. The Kier molecular flexibility index (Phi) is 4.22. The fraction of sp³-hybridized carbons (Fsp3) is 0.0625. The minimum absolute atomic E-state index is 0.503. The summed E-state index contributed by atoms with van der Waals surface area (Å²) >= 11 is 5.85. The molecule has 0 aliphatic rings. The molecule has 2 nitrogen and oxygen atoms in total. The third-order valence-corrected chi connectivity index (χ3v) is 2.83. The predicted octanol–water partition coefficient (Wildman–Crippen LogP) is 4.59. The van der Waals surface area contributed by atoms with Crippen LogP contribution in [0.2, 0.25) is 5.02 Å². The van der Waals surface area contributed by atoms with Gasteiger partial charge in [-0.05, 0) is 43.3 Å². The van der Waals surface area contributed by atoms with E-state index in [1.807, 2.05) is 49.4 Å². The first-order chi connectivity index (χ1) is 9.19. The Bertz CT molecular complexity index is 621. The lowest BCUT2D eigenvalue weighted by Gasteiger charge is -2.09. The van der Waals surface area contributed by atoms with E-state index in [-0.39, 0.29) is 0 Å². The highest BCUT2D eigenvalue weighted by Gasteiger charge is 2.04. The minimum atomic E-state index is 0.503. The van der Waals surface area contributed by atoms with Gasteiger partial charge in [-0.2, -0.15) is 5.26 Å². The van der Waals surface area contributed by atoms with Crippen LogP contribution in [-0.2, 0) is 0 Å². The molecule has 0 spiro atoms. The molecular formula is C16H12ClNO. The molecule has 3 heteroatoms. The second kappa shape index (κ2) is 6.08. The molecule has 0 N–H and O–H groups in total. The predicted molar refractivity (Wildman–Crippen MR) is 76.8 cm³/mol. The standard InChI is InChI=1S/C16H12ClNO/c1-12-2-8-15(9-3-12)19-16(10-11-18)13-4-6-14(17)7-5-13/h2-10H,1H3/b16-10-. The number of rotatable bonds is 3. The molecular weight excluding hydrogens is 258 g/mol. The van der Waals surface area contributed by atoms with Crippen LogP contribution in [0.3, 0.4) is 0 Å². The summed E-state index contributed by atoms with van der Waals surface area (Å²) in [6.07, 6.45) is 1.38. The molecule has 0 bridgehead atoms. The summed E-state index contributed by atoms with van der Waals surface area (Å²) in [5.74, 6) is 1.20. The Labute approximate surface area is 117 Å². The van der Waals surface area contributed by atoms with Crippen LogP contribution in [0.1, 0.15) is 11.1 Å². The van der Waals surface area contributed by atoms with Crippen LogP contribution in [0.5, 0.6) is 5.75 Å². The molecule has 0 aliphatic carbocycles. The second-order valence-electron chi connectivity index (χ2n) is 4.06. The molecule has 0 heterocycles. The number of aryl methyl sites for hydroxylation is 1. The van der Waals surface area contributed by atoms with Gasteiger partial charge >= 0.3 is 0 Å². The Morgan fingerprint density at radius 2 is 1.74 bits per heavy atom. The van der Waals surface area contributed by atoms with Crippen molar-refractivity contribution in [2.24, 2.45) is 0 Å². The zero-order chi connectivity index (χ0) is 13.7. The summed E-state index contributed by atoms with van der Waals surface area (Å²) in [5, 5.41) is 9.49. The zero-order valence-corrected chi connectivity index (χ0v) is 11.2. The van der Waals surface area contributed by atoms with E-state index < -0.39 is 0 Å². The number of nitriles is 1. The van der Waals surface area contributed by atoms with Crippen LogP contribution >= 0.6 is 11.6 Å². The lowest BCUT2D eigenvalue weighted by molar-refractivity contribution is 0.515. The van der Waals surface area contributed by atoms with E-state index >= 15 is 0 Å². The average Bonchev–Trinajstić information content (AvgIpc) is 2.42. The summed E-state index contributed by atoms with van der Waals surface area (Å²) in [4.78, 5) is 0. The van der Waals surface area contributed by atoms with Gasteiger partial charge in [0.1, 0.15) is 11.5 Å². The quantitative estimate of drug-likeness (QED) is 0.603. The Morgan fingerprint density at radius 1 is 1.11 bits per heavy atom. The molecule has 0 unspecified atom stereocenters. The Balaban J connectivity index is 2.27. The van der Waals surface area contributed by atoms with Crippen molar-refractivity contribution in [1.82, 2.24) is 0 Å². The fourth-order valence-electron chi connectivity index (χ4n) is 1.58. The van der Waals surface area contributed by atoms with E-state index in [0.29, 0.717) is 16.5 Å². The number of benzene rings is 2. The highest BCUT2D eigenvalue weighted by Crippen LogP contribution is 2.22.